The van der Waals surface area contributed by atoms with Gasteiger partial charge in [0.2, 0.25) is 0 Å². The van der Waals surface area contributed by atoms with Gasteiger partial charge in [0.25, 0.3) is 5.91 Å². The van der Waals surface area contributed by atoms with Crippen molar-refractivity contribution in [2.75, 3.05) is 36.5 Å². The maximum Gasteiger partial charge on any atom is 0.259 e. The van der Waals surface area contributed by atoms with Crippen LogP contribution in [0.4, 0.5) is 11.4 Å². The van der Waals surface area contributed by atoms with E-state index in [9.17, 15) is 4.79 Å². The number of nitrogens with zero attached hydrogens (tertiary/aromatic N) is 3. The number of halogens is 2. The quantitative estimate of drug-likeness (QED) is 0.595. The van der Waals surface area contributed by atoms with Gasteiger partial charge >= 0.3 is 0 Å². The molecule has 0 spiro atoms. The Balaban J connectivity index is 1.61. The van der Waals surface area contributed by atoms with Crippen LogP contribution in [0.3, 0.4) is 0 Å². The summed E-state index contributed by atoms with van der Waals surface area (Å²) in [6.45, 7) is 4.79. The molecule has 2 aromatic carbocycles. The molecule has 6 nitrogen and oxygen atoms in total. The average molecular weight is 476 g/mol. The minimum absolute atomic E-state index is 0.205. The molecule has 8 heteroatoms. The zero-order valence-electron chi connectivity index (χ0n) is 15.9. The Morgan fingerprint density at radius 3 is 2.76 bits per heavy atom. The number of benzene rings is 2. The smallest absolute Gasteiger partial charge is 0.259 e. The lowest BCUT2D eigenvalue weighted by molar-refractivity contribution is 0.102. The Hall–Kier alpha value is -2.35. The van der Waals surface area contributed by atoms with Crippen LogP contribution in [-0.2, 0) is 4.74 Å². The SMILES string of the molecule is Cc1c(C(=O)Nc2cc(Br)ccc2N2CCOCC2)cnn1-c1cccc(Cl)c1. The molecule has 1 aliphatic heterocycles. The molecular formula is C21H20BrClN4O2. The topological polar surface area (TPSA) is 59.4 Å². The van der Waals surface area contributed by atoms with Gasteiger partial charge < -0.3 is 15.0 Å². The van der Waals surface area contributed by atoms with Gasteiger partial charge in [-0.05, 0) is 43.3 Å². The van der Waals surface area contributed by atoms with Gasteiger partial charge in [0, 0.05) is 22.6 Å². The molecule has 0 unspecified atom stereocenters. The van der Waals surface area contributed by atoms with Crippen LogP contribution in [0.2, 0.25) is 5.02 Å². The number of nitrogens with one attached hydrogen (secondary N) is 1. The van der Waals surface area contributed by atoms with E-state index >= 15 is 0 Å². The van der Waals surface area contributed by atoms with E-state index in [-0.39, 0.29) is 5.91 Å². The van der Waals surface area contributed by atoms with Crippen molar-refractivity contribution in [3.05, 3.63) is 69.4 Å². The Morgan fingerprint density at radius 2 is 2.00 bits per heavy atom. The molecule has 1 saturated heterocycles. The number of aromatic nitrogens is 2. The Labute approximate surface area is 182 Å². The number of hydrogen-bond donors (Lipinski definition) is 1. The molecule has 0 bridgehead atoms. The van der Waals surface area contributed by atoms with Gasteiger partial charge in [0.15, 0.2) is 0 Å². The maximum absolute atomic E-state index is 13.0. The first-order valence-electron chi connectivity index (χ1n) is 9.27. The highest BCUT2D eigenvalue weighted by atomic mass is 79.9. The van der Waals surface area contributed by atoms with Crippen molar-refractivity contribution < 1.29 is 9.53 Å². The molecule has 0 aliphatic carbocycles. The standard InChI is InChI=1S/C21H20BrClN4O2/c1-14-18(13-24-27(14)17-4-2-3-16(23)12-17)21(28)25-19-11-15(22)5-6-20(19)26-7-9-29-10-8-26/h2-6,11-13H,7-10H2,1H3,(H,25,28). The molecule has 0 radical (unpaired) electrons. The molecule has 1 amide bonds. The van der Waals surface area contributed by atoms with Crippen LogP contribution in [0.1, 0.15) is 16.1 Å². The van der Waals surface area contributed by atoms with Gasteiger partial charge in [0.05, 0.1) is 47.7 Å². The van der Waals surface area contributed by atoms with Crippen molar-refractivity contribution in [1.29, 1.82) is 0 Å². The zero-order valence-corrected chi connectivity index (χ0v) is 18.2. The molecule has 29 heavy (non-hydrogen) atoms. The summed E-state index contributed by atoms with van der Waals surface area (Å²) in [5.41, 5.74) is 3.79. The summed E-state index contributed by atoms with van der Waals surface area (Å²) in [4.78, 5) is 15.3. The third kappa shape index (κ3) is 4.32. The molecule has 0 atom stereocenters. The number of morpholine rings is 1. The fourth-order valence-corrected chi connectivity index (χ4v) is 3.92. The lowest BCUT2D eigenvalue weighted by Gasteiger charge is -2.30. The number of carbonyl (C=O) groups is 1. The first-order chi connectivity index (χ1) is 14.0. The molecular weight excluding hydrogens is 456 g/mol. The molecule has 150 valence electrons. The van der Waals surface area contributed by atoms with Crippen LogP contribution in [0, 0.1) is 6.92 Å². The highest BCUT2D eigenvalue weighted by molar-refractivity contribution is 9.10. The van der Waals surface area contributed by atoms with Crippen molar-refractivity contribution in [3.8, 4) is 5.69 Å². The van der Waals surface area contributed by atoms with E-state index in [2.05, 4.69) is 31.2 Å². The Morgan fingerprint density at radius 1 is 1.21 bits per heavy atom. The van der Waals surface area contributed by atoms with E-state index in [1.165, 1.54) is 0 Å². The maximum atomic E-state index is 13.0. The van der Waals surface area contributed by atoms with Crippen LogP contribution in [0.15, 0.2) is 53.1 Å². The van der Waals surface area contributed by atoms with Gasteiger partial charge in [-0.15, -0.1) is 0 Å². The van der Waals surface area contributed by atoms with Crippen LogP contribution in [0.5, 0.6) is 0 Å². The van der Waals surface area contributed by atoms with Crippen LogP contribution < -0.4 is 10.2 Å². The minimum Gasteiger partial charge on any atom is -0.378 e. The molecule has 1 N–H and O–H groups in total. The van der Waals surface area contributed by atoms with Crippen molar-refractivity contribution in [2.45, 2.75) is 6.92 Å². The summed E-state index contributed by atoms with van der Waals surface area (Å²) in [6, 6.07) is 13.3. The normalized spacial score (nSPS) is 14.1. The molecule has 0 saturated carbocycles. The minimum atomic E-state index is -0.205. The summed E-state index contributed by atoms with van der Waals surface area (Å²) in [5.74, 6) is -0.205. The van der Waals surface area contributed by atoms with Crippen molar-refractivity contribution in [3.63, 3.8) is 0 Å². The van der Waals surface area contributed by atoms with E-state index in [4.69, 9.17) is 16.3 Å². The number of hydrogen-bond acceptors (Lipinski definition) is 4. The molecule has 1 aromatic heterocycles. The van der Waals surface area contributed by atoms with Gasteiger partial charge in [-0.1, -0.05) is 33.6 Å². The Kier molecular flexibility index (Phi) is 5.89. The van der Waals surface area contributed by atoms with E-state index < -0.39 is 0 Å². The highest BCUT2D eigenvalue weighted by Crippen LogP contribution is 2.31. The second-order valence-electron chi connectivity index (χ2n) is 6.75. The summed E-state index contributed by atoms with van der Waals surface area (Å²) in [7, 11) is 0. The third-order valence-electron chi connectivity index (χ3n) is 4.87. The van der Waals surface area contributed by atoms with E-state index in [1.807, 2.05) is 43.3 Å². The predicted octanol–water partition coefficient (Wildman–Crippen LogP) is 4.69. The van der Waals surface area contributed by atoms with Crippen LogP contribution in [-0.4, -0.2) is 42.0 Å². The molecule has 3 aromatic rings. The molecule has 4 rings (SSSR count). The van der Waals surface area contributed by atoms with Gasteiger partial charge in [0.1, 0.15) is 0 Å². The van der Waals surface area contributed by atoms with Crippen molar-refractivity contribution >= 4 is 44.8 Å². The van der Waals surface area contributed by atoms with Crippen LogP contribution in [0.25, 0.3) is 5.69 Å². The summed E-state index contributed by atoms with van der Waals surface area (Å²) < 4.78 is 8.06. The summed E-state index contributed by atoms with van der Waals surface area (Å²) in [5, 5.41) is 8.05. The summed E-state index contributed by atoms with van der Waals surface area (Å²) in [6.07, 6.45) is 1.58. The predicted molar refractivity (Wildman–Crippen MR) is 118 cm³/mol. The van der Waals surface area contributed by atoms with Crippen LogP contribution >= 0.6 is 27.5 Å². The second kappa shape index (κ2) is 8.57. The summed E-state index contributed by atoms with van der Waals surface area (Å²) >= 11 is 9.59. The Bertz CT molecular complexity index is 1050. The number of rotatable bonds is 4. The second-order valence-corrected chi connectivity index (χ2v) is 8.10. The molecule has 1 aliphatic rings. The van der Waals surface area contributed by atoms with Crippen molar-refractivity contribution in [2.24, 2.45) is 0 Å². The monoisotopic (exact) mass is 474 g/mol. The first-order valence-corrected chi connectivity index (χ1v) is 10.4. The van der Waals surface area contributed by atoms with E-state index in [0.717, 1.165) is 40.3 Å². The molecule has 2 heterocycles. The largest absolute Gasteiger partial charge is 0.378 e. The third-order valence-corrected chi connectivity index (χ3v) is 5.59. The van der Waals surface area contributed by atoms with Crippen molar-refractivity contribution in [1.82, 2.24) is 9.78 Å². The fraction of sp³-hybridized carbons (Fsp3) is 0.238. The van der Waals surface area contributed by atoms with Gasteiger partial charge in [-0.3, -0.25) is 4.79 Å². The first kappa shape index (κ1) is 19.9. The number of amides is 1. The zero-order chi connectivity index (χ0) is 20.4. The average Bonchev–Trinajstić information content (AvgIpc) is 3.10. The van der Waals surface area contributed by atoms with Gasteiger partial charge in [-0.25, -0.2) is 4.68 Å². The number of anilines is 2. The lowest BCUT2D eigenvalue weighted by Crippen LogP contribution is -2.36. The van der Waals surface area contributed by atoms with E-state index in [0.29, 0.717) is 23.8 Å². The number of ether oxygens (including phenoxy) is 1. The molecule has 1 fully saturated rings. The number of carbonyl (C=O) groups excluding carboxylic acids is 1. The van der Waals surface area contributed by atoms with E-state index in [1.54, 1.807) is 16.9 Å². The lowest BCUT2D eigenvalue weighted by atomic mass is 10.2. The highest BCUT2D eigenvalue weighted by Gasteiger charge is 2.20. The van der Waals surface area contributed by atoms with Gasteiger partial charge in [-0.2, -0.15) is 5.10 Å². The fourth-order valence-electron chi connectivity index (χ4n) is 3.38.